The smallest absolute Gasteiger partial charge is 0.337 e. The molecule has 0 bridgehead atoms. The Morgan fingerprint density at radius 1 is 1.47 bits per heavy atom. The molecule has 1 aliphatic heterocycles. The fraction of sp³-hybridized carbons (Fsp3) is 0.600. The Labute approximate surface area is 114 Å². The first kappa shape index (κ1) is 14.0. The molecule has 4 nitrogen and oxygen atoms in total. The Morgan fingerprint density at radius 2 is 2.21 bits per heavy atom. The van der Waals surface area contributed by atoms with E-state index >= 15 is 0 Å². The van der Waals surface area contributed by atoms with Gasteiger partial charge in [-0.1, -0.05) is 20.8 Å². The number of carboxylic acid groups (broad SMARTS) is 1. The van der Waals surface area contributed by atoms with Gasteiger partial charge in [0.2, 0.25) is 0 Å². The first-order valence-corrected chi connectivity index (χ1v) is 6.77. The van der Waals surface area contributed by atoms with Gasteiger partial charge in [0.15, 0.2) is 0 Å². The van der Waals surface area contributed by atoms with E-state index < -0.39 is 5.97 Å². The summed E-state index contributed by atoms with van der Waals surface area (Å²) in [6.45, 7) is 9.89. The van der Waals surface area contributed by atoms with Crippen molar-refractivity contribution in [3.8, 4) is 0 Å². The lowest BCUT2D eigenvalue weighted by molar-refractivity contribution is 0.0696. The van der Waals surface area contributed by atoms with Crippen molar-refractivity contribution >= 4 is 5.97 Å². The largest absolute Gasteiger partial charge is 0.478 e. The molecule has 0 aromatic carbocycles. The van der Waals surface area contributed by atoms with Gasteiger partial charge in [-0.25, -0.2) is 4.79 Å². The summed E-state index contributed by atoms with van der Waals surface area (Å²) in [6, 6.07) is 3.44. The Hall–Kier alpha value is -1.42. The minimum atomic E-state index is -0.923. The molecule has 0 aliphatic carbocycles. The van der Waals surface area contributed by atoms with E-state index in [0.29, 0.717) is 5.41 Å². The lowest BCUT2D eigenvalue weighted by Crippen LogP contribution is -2.26. The predicted molar refractivity (Wildman–Crippen MR) is 74.0 cm³/mol. The van der Waals surface area contributed by atoms with Crippen LogP contribution in [-0.2, 0) is 6.54 Å². The average molecular weight is 262 g/mol. The maximum Gasteiger partial charge on any atom is 0.337 e. The van der Waals surface area contributed by atoms with E-state index in [1.807, 2.05) is 6.07 Å². The minimum Gasteiger partial charge on any atom is -0.478 e. The highest BCUT2D eigenvalue weighted by Gasteiger charge is 2.31. The molecule has 0 saturated carbocycles. The lowest BCUT2D eigenvalue weighted by atomic mass is 9.80. The Kier molecular flexibility index (Phi) is 3.90. The van der Waals surface area contributed by atoms with E-state index in [0.717, 1.165) is 31.2 Å². The number of rotatable bonds is 3. The zero-order valence-corrected chi connectivity index (χ0v) is 11.9. The van der Waals surface area contributed by atoms with Crippen molar-refractivity contribution in [2.45, 2.75) is 33.7 Å². The van der Waals surface area contributed by atoms with E-state index in [9.17, 15) is 4.79 Å². The van der Waals surface area contributed by atoms with E-state index in [1.54, 1.807) is 6.07 Å². The third kappa shape index (κ3) is 3.53. The number of hydrogen-bond acceptors (Lipinski definition) is 3. The van der Waals surface area contributed by atoms with Gasteiger partial charge in [0, 0.05) is 19.3 Å². The van der Waals surface area contributed by atoms with E-state index in [1.165, 1.54) is 12.6 Å². The molecule has 1 aromatic rings. The molecule has 1 fully saturated rings. The first-order valence-electron chi connectivity index (χ1n) is 6.77. The topological polar surface area (TPSA) is 53.4 Å². The van der Waals surface area contributed by atoms with Crippen LogP contribution in [0.25, 0.3) is 0 Å². The van der Waals surface area contributed by atoms with Gasteiger partial charge in [-0.3, -0.25) is 9.88 Å². The molecule has 2 rings (SSSR count). The summed E-state index contributed by atoms with van der Waals surface area (Å²) in [6.07, 6.45) is 2.67. The fourth-order valence-corrected chi connectivity index (χ4v) is 2.56. The van der Waals surface area contributed by atoms with Crippen molar-refractivity contribution in [1.29, 1.82) is 0 Å². The van der Waals surface area contributed by atoms with Gasteiger partial charge in [-0.15, -0.1) is 0 Å². The maximum absolute atomic E-state index is 10.8. The highest BCUT2D eigenvalue weighted by Crippen LogP contribution is 2.33. The first-order chi connectivity index (χ1) is 8.86. The number of hydrogen-bond donors (Lipinski definition) is 1. The van der Waals surface area contributed by atoms with Crippen LogP contribution in [0.2, 0.25) is 0 Å². The van der Waals surface area contributed by atoms with Crippen molar-refractivity contribution in [1.82, 2.24) is 9.88 Å². The molecule has 1 atom stereocenters. The zero-order valence-electron chi connectivity index (χ0n) is 11.9. The van der Waals surface area contributed by atoms with Crippen LogP contribution in [0.3, 0.4) is 0 Å². The Balaban J connectivity index is 1.94. The maximum atomic E-state index is 10.8. The Bertz CT molecular complexity index is 448. The van der Waals surface area contributed by atoms with Gasteiger partial charge in [0.05, 0.1) is 11.3 Å². The molecular weight excluding hydrogens is 240 g/mol. The van der Waals surface area contributed by atoms with E-state index in [-0.39, 0.29) is 5.56 Å². The van der Waals surface area contributed by atoms with E-state index in [2.05, 4.69) is 30.7 Å². The quantitative estimate of drug-likeness (QED) is 0.910. The SMILES string of the molecule is CC(C)(C)C1CCN(Cc2ccc(C(=O)O)cn2)C1. The van der Waals surface area contributed by atoms with Crippen LogP contribution in [-0.4, -0.2) is 34.0 Å². The van der Waals surface area contributed by atoms with Crippen molar-refractivity contribution < 1.29 is 9.90 Å². The second-order valence-corrected chi connectivity index (χ2v) is 6.43. The number of aromatic carboxylic acids is 1. The molecule has 0 spiro atoms. The zero-order chi connectivity index (χ0) is 14.0. The number of pyridine rings is 1. The average Bonchev–Trinajstić information content (AvgIpc) is 2.78. The second-order valence-electron chi connectivity index (χ2n) is 6.43. The fourth-order valence-electron chi connectivity index (χ4n) is 2.56. The third-order valence-corrected chi connectivity index (χ3v) is 3.95. The van der Waals surface area contributed by atoms with Gasteiger partial charge in [0.1, 0.15) is 0 Å². The second kappa shape index (κ2) is 5.29. The number of aromatic nitrogens is 1. The van der Waals surface area contributed by atoms with Crippen LogP contribution in [0, 0.1) is 11.3 Å². The Morgan fingerprint density at radius 3 is 2.68 bits per heavy atom. The summed E-state index contributed by atoms with van der Waals surface area (Å²) in [5.41, 5.74) is 1.55. The van der Waals surface area contributed by atoms with Crippen molar-refractivity contribution in [3.05, 3.63) is 29.6 Å². The van der Waals surface area contributed by atoms with Gasteiger partial charge < -0.3 is 5.11 Å². The molecule has 1 aliphatic rings. The summed E-state index contributed by atoms with van der Waals surface area (Å²) in [5.74, 6) is -0.196. The van der Waals surface area contributed by atoms with Gasteiger partial charge in [-0.2, -0.15) is 0 Å². The highest BCUT2D eigenvalue weighted by atomic mass is 16.4. The van der Waals surface area contributed by atoms with Crippen LogP contribution < -0.4 is 0 Å². The summed E-state index contributed by atoms with van der Waals surface area (Å²) < 4.78 is 0. The van der Waals surface area contributed by atoms with Crippen LogP contribution in [0.1, 0.15) is 43.2 Å². The normalized spacial score (nSPS) is 20.7. The van der Waals surface area contributed by atoms with Gasteiger partial charge in [0.25, 0.3) is 0 Å². The molecule has 1 N–H and O–H groups in total. The standard InChI is InChI=1S/C15H22N2O2/c1-15(2,3)12-6-7-17(9-12)10-13-5-4-11(8-16-13)14(18)19/h4-5,8,12H,6-7,9-10H2,1-3H3,(H,18,19). The molecule has 19 heavy (non-hydrogen) atoms. The van der Waals surface area contributed by atoms with Crippen molar-refractivity contribution in [3.63, 3.8) is 0 Å². The molecule has 0 amide bonds. The van der Waals surface area contributed by atoms with Gasteiger partial charge in [-0.05, 0) is 36.4 Å². The van der Waals surface area contributed by atoms with Crippen LogP contribution >= 0.6 is 0 Å². The summed E-state index contributed by atoms with van der Waals surface area (Å²) in [4.78, 5) is 17.4. The van der Waals surface area contributed by atoms with Crippen LogP contribution in [0.15, 0.2) is 18.3 Å². The van der Waals surface area contributed by atoms with Crippen molar-refractivity contribution in [2.75, 3.05) is 13.1 Å². The molecule has 0 radical (unpaired) electrons. The molecule has 4 heteroatoms. The monoisotopic (exact) mass is 262 g/mol. The molecular formula is C15H22N2O2. The van der Waals surface area contributed by atoms with Gasteiger partial charge >= 0.3 is 5.97 Å². The molecule has 1 unspecified atom stereocenters. The number of carbonyl (C=O) groups is 1. The summed E-state index contributed by atoms with van der Waals surface area (Å²) >= 11 is 0. The third-order valence-electron chi connectivity index (χ3n) is 3.95. The molecule has 104 valence electrons. The lowest BCUT2D eigenvalue weighted by Gasteiger charge is -2.27. The van der Waals surface area contributed by atoms with E-state index in [4.69, 9.17) is 5.11 Å². The predicted octanol–water partition coefficient (Wildman–Crippen LogP) is 2.65. The van der Waals surface area contributed by atoms with Crippen molar-refractivity contribution in [2.24, 2.45) is 11.3 Å². The molecule has 1 aromatic heterocycles. The summed E-state index contributed by atoms with van der Waals surface area (Å²) in [7, 11) is 0. The number of carboxylic acids is 1. The van der Waals surface area contributed by atoms with Crippen LogP contribution in [0.4, 0.5) is 0 Å². The summed E-state index contributed by atoms with van der Waals surface area (Å²) in [5, 5.41) is 8.83. The minimum absolute atomic E-state index is 0.248. The highest BCUT2D eigenvalue weighted by molar-refractivity contribution is 5.87. The molecule has 2 heterocycles. The number of likely N-dealkylation sites (tertiary alicyclic amines) is 1. The number of nitrogens with zero attached hydrogens (tertiary/aromatic N) is 2. The van der Waals surface area contributed by atoms with Crippen LogP contribution in [0.5, 0.6) is 0 Å². The molecule has 1 saturated heterocycles.